The van der Waals surface area contributed by atoms with Crippen LogP contribution in [0.4, 0.5) is 8.78 Å². The molecule has 7 heteroatoms. The zero-order valence-electron chi connectivity index (χ0n) is 9.66. The van der Waals surface area contributed by atoms with E-state index in [9.17, 15) is 13.9 Å². The maximum absolute atomic E-state index is 12.0. The van der Waals surface area contributed by atoms with Crippen molar-refractivity contribution in [2.24, 2.45) is 0 Å². The van der Waals surface area contributed by atoms with Crippen LogP contribution < -0.4 is 10.1 Å². The van der Waals surface area contributed by atoms with Gasteiger partial charge < -0.3 is 20.3 Å². The summed E-state index contributed by atoms with van der Waals surface area (Å²) in [6.07, 6.45) is -4.45. The highest BCUT2D eigenvalue weighted by Crippen LogP contribution is 2.35. The van der Waals surface area contributed by atoms with Crippen LogP contribution in [0.2, 0.25) is 0 Å². The molecule has 4 nitrogen and oxygen atoms in total. The first-order chi connectivity index (χ1) is 8.45. The number of ether oxygens (including phenoxy) is 1. The van der Waals surface area contributed by atoms with Crippen molar-refractivity contribution in [3.63, 3.8) is 0 Å². The summed E-state index contributed by atoms with van der Waals surface area (Å²) in [5.41, 5.74) is 0.734. The van der Waals surface area contributed by atoms with Gasteiger partial charge in [-0.25, -0.2) is 8.78 Å². The third kappa shape index (κ3) is 4.08. The number of aliphatic hydroxyl groups excluding tert-OH is 1. The maximum atomic E-state index is 12.0. The van der Waals surface area contributed by atoms with Crippen molar-refractivity contribution in [2.75, 3.05) is 13.7 Å². The number of aliphatic hydroxyl groups is 1. The van der Waals surface area contributed by atoms with Crippen molar-refractivity contribution < 1.29 is 23.7 Å². The fourth-order valence-electron chi connectivity index (χ4n) is 1.34. The zero-order valence-corrected chi connectivity index (χ0v) is 11.2. The Kier molecular flexibility index (Phi) is 5.77. The first-order valence-electron chi connectivity index (χ1n) is 5.18. The second kappa shape index (κ2) is 6.86. The third-order valence-corrected chi connectivity index (χ3v) is 2.89. The van der Waals surface area contributed by atoms with Gasteiger partial charge in [0.25, 0.3) is 6.43 Å². The van der Waals surface area contributed by atoms with Crippen LogP contribution >= 0.6 is 15.9 Å². The topological polar surface area (TPSA) is 61.7 Å². The predicted octanol–water partition coefficient (Wildman–Crippen LogP) is 1.88. The summed E-state index contributed by atoms with van der Waals surface area (Å²) in [7, 11) is 1.42. The minimum atomic E-state index is -2.77. The van der Waals surface area contributed by atoms with Crippen molar-refractivity contribution >= 4 is 15.9 Å². The molecule has 3 N–H and O–H groups in total. The summed E-state index contributed by atoms with van der Waals surface area (Å²) in [5.74, 6) is 0.268. The molecule has 0 fully saturated rings. The monoisotopic (exact) mass is 325 g/mol. The van der Waals surface area contributed by atoms with Crippen LogP contribution in [0.5, 0.6) is 11.5 Å². The fourth-order valence-corrected chi connectivity index (χ4v) is 1.83. The average Bonchev–Trinajstić information content (AvgIpc) is 2.33. The molecule has 0 amide bonds. The van der Waals surface area contributed by atoms with Crippen LogP contribution in [0.3, 0.4) is 0 Å². The van der Waals surface area contributed by atoms with Gasteiger partial charge in [-0.1, -0.05) is 0 Å². The largest absolute Gasteiger partial charge is 0.503 e. The Labute approximate surface area is 112 Å². The molecule has 0 radical (unpaired) electrons. The van der Waals surface area contributed by atoms with Crippen LogP contribution in [-0.2, 0) is 6.54 Å². The smallest absolute Gasteiger partial charge is 0.265 e. The lowest BCUT2D eigenvalue weighted by atomic mass is 10.2. The molecule has 1 unspecified atom stereocenters. The van der Waals surface area contributed by atoms with E-state index < -0.39 is 12.5 Å². The molecule has 18 heavy (non-hydrogen) atoms. The number of aromatic hydroxyl groups is 1. The van der Waals surface area contributed by atoms with Crippen molar-refractivity contribution in [2.45, 2.75) is 19.1 Å². The van der Waals surface area contributed by atoms with E-state index in [1.54, 1.807) is 12.1 Å². The quantitative estimate of drug-likeness (QED) is 0.747. The molecule has 0 spiro atoms. The average molecular weight is 326 g/mol. The number of phenols is 1. The lowest BCUT2D eigenvalue weighted by Gasteiger charge is -2.12. The van der Waals surface area contributed by atoms with E-state index in [0.717, 1.165) is 5.56 Å². The van der Waals surface area contributed by atoms with Crippen LogP contribution in [-0.4, -0.2) is 36.4 Å². The van der Waals surface area contributed by atoms with Crippen LogP contribution in [0.1, 0.15) is 5.56 Å². The van der Waals surface area contributed by atoms with Gasteiger partial charge in [-0.05, 0) is 33.6 Å². The molecule has 0 heterocycles. The zero-order chi connectivity index (χ0) is 13.7. The Morgan fingerprint density at radius 3 is 2.67 bits per heavy atom. The highest BCUT2D eigenvalue weighted by Gasteiger charge is 2.16. The summed E-state index contributed by atoms with van der Waals surface area (Å²) in [6, 6.07) is 3.22. The number of benzene rings is 1. The number of halogens is 3. The second-order valence-corrected chi connectivity index (χ2v) is 4.52. The standard InChI is InChI=1S/C11H14BrF2NO3/c1-18-9-3-6(2-7(12)10(9)17)4-15-5-8(16)11(13)14/h2-3,8,11,15-17H,4-5H2,1H3. The van der Waals surface area contributed by atoms with Gasteiger partial charge in [0, 0.05) is 13.1 Å². The van der Waals surface area contributed by atoms with Crippen molar-refractivity contribution in [3.8, 4) is 11.5 Å². The molecule has 102 valence electrons. The number of alkyl halides is 2. The van der Waals surface area contributed by atoms with E-state index in [1.165, 1.54) is 7.11 Å². The number of phenolic OH excluding ortho intramolecular Hbond substituents is 1. The van der Waals surface area contributed by atoms with Crippen molar-refractivity contribution in [3.05, 3.63) is 22.2 Å². The van der Waals surface area contributed by atoms with Gasteiger partial charge in [0.05, 0.1) is 11.6 Å². The van der Waals surface area contributed by atoms with Crippen LogP contribution in [0.15, 0.2) is 16.6 Å². The van der Waals surface area contributed by atoms with Gasteiger partial charge in [0.2, 0.25) is 0 Å². The number of rotatable bonds is 6. The van der Waals surface area contributed by atoms with E-state index in [0.29, 0.717) is 4.47 Å². The molecule has 0 aliphatic rings. The molecular weight excluding hydrogens is 312 g/mol. The van der Waals surface area contributed by atoms with Gasteiger partial charge in [-0.15, -0.1) is 0 Å². The molecular formula is C11H14BrF2NO3. The lowest BCUT2D eigenvalue weighted by Crippen LogP contribution is -2.31. The molecule has 0 saturated carbocycles. The van der Waals surface area contributed by atoms with E-state index >= 15 is 0 Å². The third-order valence-electron chi connectivity index (χ3n) is 2.28. The molecule has 0 aliphatic heterocycles. The van der Waals surface area contributed by atoms with E-state index in [4.69, 9.17) is 9.84 Å². The highest BCUT2D eigenvalue weighted by molar-refractivity contribution is 9.10. The minimum Gasteiger partial charge on any atom is -0.503 e. The lowest BCUT2D eigenvalue weighted by molar-refractivity contribution is -0.00340. The molecule has 0 bridgehead atoms. The van der Waals surface area contributed by atoms with Gasteiger partial charge in [0.15, 0.2) is 11.5 Å². The molecule has 0 saturated heterocycles. The van der Waals surface area contributed by atoms with Gasteiger partial charge in [-0.2, -0.15) is 0 Å². The Morgan fingerprint density at radius 1 is 1.44 bits per heavy atom. The predicted molar refractivity (Wildman–Crippen MR) is 66.1 cm³/mol. The summed E-state index contributed by atoms with van der Waals surface area (Å²) in [4.78, 5) is 0. The summed E-state index contributed by atoms with van der Waals surface area (Å²) in [6.45, 7) is 0.0670. The van der Waals surface area contributed by atoms with Gasteiger partial charge in [0.1, 0.15) is 6.10 Å². The Morgan fingerprint density at radius 2 is 2.11 bits per heavy atom. The SMILES string of the molecule is COc1cc(CNCC(O)C(F)F)cc(Br)c1O. The normalized spacial score (nSPS) is 12.8. The van der Waals surface area contributed by atoms with Gasteiger partial charge in [-0.3, -0.25) is 0 Å². The first-order valence-corrected chi connectivity index (χ1v) is 5.97. The number of hydrogen-bond acceptors (Lipinski definition) is 4. The molecule has 1 aromatic carbocycles. The molecule has 0 aromatic heterocycles. The molecule has 0 aliphatic carbocycles. The second-order valence-electron chi connectivity index (χ2n) is 3.66. The maximum Gasteiger partial charge on any atom is 0.265 e. The first kappa shape index (κ1) is 15.1. The van der Waals surface area contributed by atoms with Gasteiger partial charge >= 0.3 is 0 Å². The van der Waals surface area contributed by atoms with Crippen LogP contribution in [0.25, 0.3) is 0 Å². The van der Waals surface area contributed by atoms with E-state index in [1.807, 2.05) is 0 Å². The van der Waals surface area contributed by atoms with Crippen molar-refractivity contribution in [1.82, 2.24) is 5.32 Å². The summed E-state index contributed by atoms with van der Waals surface area (Å²) >= 11 is 3.15. The molecule has 1 aromatic rings. The number of methoxy groups -OCH3 is 1. The summed E-state index contributed by atoms with van der Waals surface area (Å²) < 4.78 is 29.5. The molecule has 1 atom stereocenters. The number of hydrogen-bond donors (Lipinski definition) is 3. The van der Waals surface area contributed by atoms with E-state index in [2.05, 4.69) is 21.2 Å². The van der Waals surface area contributed by atoms with Crippen LogP contribution in [0, 0.1) is 0 Å². The molecule has 1 rings (SSSR count). The minimum absolute atomic E-state index is 0.0196. The fraction of sp³-hybridized carbons (Fsp3) is 0.455. The van der Waals surface area contributed by atoms with Crippen molar-refractivity contribution in [1.29, 1.82) is 0 Å². The Hall–Kier alpha value is -0.920. The summed E-state index contributed by atoms with van der Waals surface area (Å²) in [5, 5.41) is 21.2. The number of nitrogens with one attached hydrogen (secondary N) is 1. The highest BCUT2D eigenvalue weighted by atomic mass is 79.9. The van der Waals surface area contributed by atoms with E-state index in [-0.39, 0.29) is 24.6 Å². The Bertz CT molecular complexity index is 404. The Balaban J connectivity index is 2.60.